The predicted molar refractivity (Wildman–Crippen MR) is 77.2 cm³/mol. The highest BCUT2D eigenvalue weighted by Crippen LogP contribution is 2.32. The lowest BCUT2D eigenvalue weighted by Crippen LogP contribution is -2.00. The second kappa shape index (κ2) is 6.15. The summed E-state index contributed by atoms with van der Waals surface area (Å²) in [5, 5.41) is 0. The zero-order valence-electron chi connectivity index (χ0n) is 10.7. The van der Waals surface area contributed by atoms with E-state index >= 15 is 0 Å². The number of halogens is 1. The van der Waals surface area contributed by atoms with Gasteiger partial charge in [0.25, 0.3) is 9.05 Å². The summed E-state index contributed by atoms with van der Waals surface area (Å²) >= 11 is 0. The minimum atomic E-state index is -3.90. The van der Waals surface area contributed by atoms with Crippen molar-refractivity contribution in [1.82, 2.24) is 0 Å². The van der Waals surface area contributed by atoms with Crippen LogP contribution in [-0.2, 0) is 9.05 Å². The van der Waals surface area contributed by atoms with Crippen LogP contribution in [0, 0.1) is 0 Å². The van der Waals surface area contributed by atoms with Crippen LogP contribution in [0.25, 0.3) is 0 Å². The Hall–Kier alpha value is -1.72. The number of para-hydroxylation sites is 1. The lowest BCUT2D eigenvalue weighted by Gasteiger charge is -2.10. The van der Waals surface area contributed by atoms with Crippen LogP contribution in [0.2, 0.25) is 0 Å². The van der Waals surface area contributed by atoms with E-state index in [0.29, 0.717) is 18.1 Å². The van der Waals surface area contributed by atoms with Crippen LogP contribution in [0.1, 0.15) is 6.92 Å². The van der Waals surface area contributed by atoms with Crippen LogP contribution in [0.3, 0.4) is 0 Å². The van der Waals surface area contributed by atoms with Crippen molar-refractivity contribution >= 4 is 19.7 Å². The number of hydrogen-bond acceptors (Lipinski definition) is 4. The van der Waals surface area contributed by atoms with Crippen LogP contribution in [0.15, 0.2) is 53.4 Å². The summed E-state index contributed by atoms with van der Waals surface area (Å²) in [6, 6.07) is 13.5. The van der Waals surface area contributed by atoms with E-state index in [4.69, 9.17) is 20.2 Å². The molecule has 2 aromatic rings. The van der Waals surface area contributed by atoms with Crippen LogP contribution in [-0.4, -0.2) is 15.0 Å². The first-order valence-electron chi connectivity index (χ1n) is 5.95. The van der Waals surface area contributed by atoms with E-state index in [2.05, 4.69) is 0 Å². The molecule has 0 radical (unpaired) electrons. The van der Waals surface area contributed by atoms with Crippen molar-refractivity contribution in [1.29, 1.82) is 0 Å². The summed E-state index contributed by atoms with van der Waals surface area (Å²) in [6.07, 6.45) is 0. The van der Waals surface area contributed by atoms with Crippen molar-refractivity contribution in [2.75, 3.05) is 6.61 Å². The van der Waals surface area contributed by atoms with Gasteiger partial charge in [-0.1, -0.05) is 18.2 Å². The average Bonchev–Trinajstić information content (AvgIpc) is 2.41. The van der Waals surface area contributed by atoms with E-state index in [1.165, 1.54) is 12.1 Å². The van der Waals surface area contributed by atoms with Crippen molar-refractivity contribution in [2.24, 2.45) is 0 Å². The van der Waals surface area contributed by atoms with E-state index in [1.807, 2.05) is 18.2 Å². The Balaban J connectivity index is 2.37. The van der Waals surface area contributed by atoms with Gasteiger partial charge in [-0.05, 0) is 31.2 Å². The first-order chi connectivity index (χ1) is 9.50. The molecule has 6 heteroatoms. The Morgan fingerprint density at radius 1 is 1.05 bits per heavy atom. The van der Waals surface area contributed by atoms with Gasteiger partial charge in [0.2, 0.25) is 0 Å². The van der Waals surface area contributed by atoms with Crippen molar-refractivity contribution in [3.63, 3.8) is 0 Å². The van der Waals surface area contributed by atoms with Crippen LogP contribution < -0.4 is 9.47 Å². The molecule has 2 rings (SSSR count). The summed E-state index contributed by atoms with van der Waals surface area (Å²) < 4.78 is 33.9. The van der Waals surface area contributed by atoms with Gasteiger partial charge in [0.15, 0.2) is 0 Å². The van der Waals surface area contributed by atoms with Crippen LogP contribution >= 0.6 is 10.7 Å². The van der Waals surface area contributed by atoms with E-state index in [0.717, 1.165) is 0 Å². The van der Waals surface area contributed by atoms with Crippen molar-refractivity contribution < 1.29 is 17.9 Å². The summed E-state index contributed by atoms with van der Waals surface area (Å²) in [5.41, 5.74) is 0. The molecule has 0 saturated carbocycles. The SMILES string of the molecule is CCOc1ccc(Oc2ccccc2)cc1S(=O)(=O)Cl. The van der Waals surface area contributed by atoms with E-state index < -0.39 is 9.05 Å². The first kappa shape index (κ1) is 14.7. The van der Waals surface area contributed by atoms with E-state index in [1.54, 1.807) is 25.1 Å². The molecule has 106 valence electrons. The molecule has 4 nitrogen and oxygen atoms in total. The highest BCUT2D eigenvalue weighted by atomic mass is 35.7. The van der Waals surface area contributed by atoms with E-state index in [-0.39, 0.29) is 10.6 Å². The third-order valence-corrected chi connectivity index (χ3v) is 3.80. The number of rotatable bonds is 5. The van der Waals surface area contributed by atoms with Crippen molar-refractivity contribution in [3.05, 3.63) is 48.5 Å². The Morgan fingerprint density at radius 2 is 1.75 bits per heavy atom. The topological polar surface area (TPSA) is 52.6 Å². The highest BCUT2D eigenvalue weighted by Gasteiger charge is 2.18. The molecule has 0 N–H and O–H groups in total. The van der Waals surface area contributed by atoms with Gasteiger partial charge in [0.1, 0.15) is 22.1 Å². The van der Waals surface area contributed by atoms with Gasteiger partial charge in [0, 0.05) is 16.7 Å². The monoisotopic (exact) mass is 312 g/mol. The maximum Gasteiger partial charge on any atom is 0.265 e. The van der Waals surface area contributed by atoms with Gasteiger partial charge in [-0.2, -0.15) is 0 Å². The van der Waals surface area contributed by atoms with Crippen molar-refractivity contribution in [3.8, 4) is 17.2 Å². The van der Waals surface area contributed by atoms with Crippen LogP contribution in [0.4, 0.5) is 0 Å². The Kier molecular flexibility index (Phi) is 4.52. The molecule has 0 spiro atoms. The molecular weight excluding hydrogens is 300 g/mol. The summed E-state index contributed by atoms with van der Waals surface area (Å²) in [5.74, 6) is 1.19. The molecule has 0 amide bonds. The largest absolute Gasteiger partial charge is 0.492 e. The molecule has 0 aliphatic carbocycles. The number of hydrogen-bond donors (Lipinski definition) is 0. The standard InChI is InChI=1S/C14H13ClO4S/c1-2-18-13-9-8-12(10-14(13)20(15,16)17)19-11-6-4-3-5-7-11/h3-10H,2H2,1H3. The minimum Gasteiger partial charge on any atom is -0.492 e. The van der Waals surface area contributed by atoms with Crippen molar-refractivity contribution in [2.45, 2.75) is 11.8 Å². The quantitative estimate of drug-likeness (QED) is 0.788. The molecule has 0 fully saturated rings. The summed E-state index contributed by atoms with van der Waals surface area (Å²) in [7, 11) is 1.51. The summed E-state index contributed by atoms with van der Waals surface area (Å²) in [6.45, 7) is 2.11. The van der Waals surface area contributed by atoms with Gasteiger partial charge in [-0.15, -0.1) is 0 Å². The Labute approximate surface area is 122 Å². The molecule has 0 aliphatic heterocycles. The first-order valence-corrected chi connectivity index (χ1v) is 8.26. The highest BCUT2D eigenvalue weighted by molar-refractivity contribution is 8.13. The zero-order chi connectivity index (χ0) is 14.6. The fourth-order valence-electron chi connectivity index (χ4n) is 1.64. The maximum atomic E-state index is 11.6. The Morgan fingerprint density at radius 3 is 2.35 bits per heavy atom. The third kappa shape index (κ3) is 3.65. The van der Waals surface area contributed by atoms with E-state index in [9.17, 15) is 8.42 Å². The molecule has 0 saturated heterocycles. The molecule has 0 unspecified atom stereocenters. The molecule has 2 aromatic carbocycles. The van der Waals surface area contributed by atoms with Crippen LogP contribution in [0.5, 0.6) is 17.2 Å². The smallest absolute Gasteiger partial charge is 0.265 e. The maximum absolute atomic E-state index is 11.6. The molecule has 0 aromatic heterocycles. The second-order valence-electron chi connectivity index (χ2n) is 3.89. The normalized spacial score (nSPS) is 11.1. The summed E-state index contributed by atoms with van der Waals surface area (Å²) in [4.78, 5) is -0.102. The predicted octanol–water partition coefficient (Wildman–Crippen LogP) is 3.81. The zero-order valence-corrected chi connectivity index (χ0v) is 12.3. The molecule has 0 atom stereocenters. The average molecular weight is 313 g/mol. The van der Waals surface area contributed by atoms with Gasteiger partial charge >= 0.3 is 0 Å². The molecular formula is C14H13ClO4S. The van der Waals surface area contributed by atoms with Gasteiger partial charge in [-0.25, -0.2) is 8.42 Å². The fraction of sp³-hybridized carbons (Fsp3) is 0.143. The number of benzene rings is 2. The molecule has 0 heterocycles. The molecule has 0 aliphatic rings. The Bertz CT molecular complexity index is 684. The van der Waals surface area contributed by atoms with Gasteiger partial charge in [-0.3, -0.25) is 0 Å². The molecule has 20 heavy (non-hydrogen) atoms. The number of ether oxygens (including phenoxy) is 2. The fourth-order valence-corrected chi connectivity index (χ4v) is 2.63. The van der Waals surface area contributed by atoms with Gasteiger partial charge < -0.3 is 9.47 Å². The second-order valence-corrected chi connectivity index (χ2v) is 6.43. The lowest BCUT2D eigenvalue weighted by atomic mass is 10.3. The van der Waals surface area contributed by atoms with Gasteiger partial charge in [0.05, 0.1) is 6.61 Å². The lowest BCUT2D eigenvalue weighted by molar-refractivity contribution is 0.330. The molecule has 0 bridgehead atoms. The third-order valence-electron chi connectivity index (χ3n) is 2.46. The minimum absolute atomic E-state index is 0.102.